The van der Waals surface area contributed by atoms with Gasteiger partial charge in [-0.05, 0) is 73.9 Å². The van der Waals surface area contributed by atoms with Crippen molar-refractivity contribution in [3.05, 3.63) is 53.6 Å². The lowest BCUT2D eigenvalue weighted by Crippen LogP contribution is -2.55. The number of rotatable bonds is 6. The van der Waals surface area contributed by atoms with Gasteiger partial charge in [-0.1, -0.05) is 39.3 Å². The van der Waals surface area contributed by atoms with Gasteiger partial charge < -0.3 is 20.7 Å². The zero-order valence-electron chi connectivity index (χ0n) is 21.7. The zero-order valence-corrected chi connectivity index (χ0v) is 21.7. The molecule has 1 aromatic carbocycles. The summed E-state index contributed by atoms with van der Waals surface area (Å²) >= 11 is 0. The molecule has 0 spiro atoms. The van der Waals surface area contributed by atoms with Gasteiger partial charge in [-0.25, -0.2) is 4.79 Å². The second-order valence-corrected chi connectivity index (χ2v) is 10.1. The van der Waals surface area contributed by atoms with Crippen LogP contribution in [0.25, 0.3) is 0 Å². The van der Waals surface area contributed by atoms with E-state index in [1.54, 1.807) is 24.3 Å². The van der Waals surface area contributed by atoms with Crippen LogP contribution in [0.2, 0.25) is 0 Å². The average molecular weight is 498 g/mol. The summed E-state index contributed by atoms with van der Waals surface area (Å²) in [4.78, 5) is 37.2. The number of nitrogens with two attached hydrogens (primary N) is 1. The smallest absolute Gasteiger partial charge is 0.338 e. The summed E-state index contributed by atoms with van der Waals surface area (Å²) in [6.07, 6.45) is 6.76. The highest BCUT2D eigenvalue weighted by atomic mass is 16.5. The molecule has 0 amide bonds. The number of fused-ring (bicyclic) bond motifs is 1. The van der Waals surface area contributed by atoms with Gasteiger partial charge >= 0.3 is 5.97 Å². The molecule has 3 aliphatic rings. The summed E-state index contributed by atoms with van der Waals surface area (Å²) in [5.74, 6) is -2.00. The number of ether oxygens (including phenoxy) is 1. The van der Waals surface area contributed by atoms with Crippen LogP contribution >= 0.6 is 0 Å². The normalized spacial score (nSPS) is 33.2. The molecule has 6 atom stereocenters. The van der Waals surface area contributed by atoms with Crippen LogP contribution < -0.4 is 5.73 Å². The Morgan fingerprint density at radius 3 is 2.47 bits per heavy atom. The molecule has 36 heavy (non-hydrogen) atoms. The minimum absolute atomic E-state index is 0.0452. The fourth-order valence-electron chi connectivity index (χ4n) is 6.33. The van der Waals surface area contributed by atoms with Crippen LogP contribution in [-0.4, -0.2) is 46.1 Å². The summed E-state index contributed by atoms with van der Waals surface area (Å²) in [7, 11) is 0. The number of carbonyl (C=O) groups is 3. The molecule has 0 heterocycles. The SMILES string of the molecule is CC.CCC1=CC(=O)C=CC1(C)C1CC2CCC(C(=O)COC(=O)c3ccc(N)cc3)C2(O)CC1O. The molecule has 2 fully saturated rings. The Morgan fingerprint density at radius 1 is 1.17 bits per heavy atom. The molecule has 0 aliphatic heterocycles. The standard InChI is InChI=1S/C27H33NO6.C2H6/c1-3-17-12-20(29)10-11-26(17,2)22-13-18-6-9-21(27(18,33)14-23(22)30)24(31)15-34-25(32)16-4-7-19(28)8-5-16;1-2/h4-5,7-8,10-12,18,21-23,30,33H,3,6,9,13-15,28H2,1-2H3;1-2H3. The third-order valence-corrected chi connectivity index (χ3v) is 8.29. The average Bonchev–Trinajstić information content (AvgIpc) is 3.20. The van der Waals surface area contributed by atoms with Crippen LogP contribution in [0.5, 0.6) is 0 Å². The molecule has 6 unspecified atom stereocenters. The Kier molecular flexibility index (Phi) is 8.57. The lowest BCUT2D eigenvalue weighted by molar-refractivity contribution is -0.152. The monoisotopic (exact) mass is 497 g/mol. The summed E-state index contributed by atoms with van der Waals surface area (Å²) in [6, 6.07) is 6.23. The highest BCUT2D eigenvalue weighted by molar-refractivity contribution is 6.01. The number of hydrogen-bond acceptors (Lipinski definition) is 7. The van der Waals surface area contributed by atoms with Crippen LogP contribution in [0.4, 0.5) is 5.69 Å². The molecule has 0 saturated heterocycles. The second-order valence-electron chi connectivity index (χ2n) is 10.1. The Morgan fingerprint density at radius 2 is 1.83 bits per heavy atom. The number of aliphatic hydroxyl groups excluding tert-OH is 1. The van der Waals surface area contributed by atoms with E-state index in [0.29, 0.717) is 36.9 Å². The third-order valence-electron chi connectivity index (χ3n) is 8.29. The van der Waals surface area contributed by atoms with E-state index >= 15 is 0 Å². The topological polar surface area (TPSA) is 127 Å². The molecule has 2 saturated carbocycles. The van der Waals surface area contributed by atoms with Crippen molar-refractivity contribution in [2.24, 2.45) is 23.2 Å². The molecule has 4 rings (SSSR count). The fraction of sp³-hybridized carbons (Fsp3) is 0.552. The maximum absolute atomic E-state index is 13.0. The Labute approximate surface area is 213 Å². The molecule has 1 aromatic rings. The summed E-state index contributed by atoms with van der Waals surface area (Å²) in [5.41, 5.74) is 5.63. The van der Waals surface area contributed by atoms with Crippen LogP contribution in [0, 0.1) is 23.2 Å². The first kappa shape index (κ1) is 27.8. The van der Waals surface area contributed by atoms with E-state index in [0.717, 1.165) is 5.57 Å². The first-order valence-electron chi connectivity index (χ1n) is 13.0. The predicted molar refractivity (Wildman–Crippen MR) is 138 cm³/mol. The highest BCUT2D eigenvalue weighted by Gasteiger charge is 2.59. The lowest BCUT2D eigenvalue weighted by atomic mass is 9.57. The van der Waals surface area contributed by atoms with Gasteiger partial charge in [-0.3, -0.25) is 9.59 Å². The number of carbonyl (C=O) groups excluding carboxylic acids is 3. The van der Waals surface area contributed by atoms with E-state index < -0.39 is 35.6 Å². The number of anilines is 1. The van der Waals surface area contributed by atoms with Gasteiger partial charge in [-0.2, -0.15) is 0 Å². The quantitative estimate of drug-likeness (QED) is 0.400. The van der Waals surface area contributed by atoms with Crippen LogP contribution in [0.15, 0.2) is 48.1 Å². The molecule has 0 radical (unpaired) electrons. The number of nitrogen functional groups attached to an aromatic ring is 1. The van der Waals surface area contributed by atoms with E-state index in [-0.39, 0.29) is 29.8 Å². The first-order chi connectivity index (χ1) is 17.1. The maximum Gasteiger partial charge on any atom is 0.338 e. The number of esters is 1. The zero-order chi connectivity index (χ0) is 26.7. The van der Waals surface area contributed by atoms with Gasteiger partial charge in [0.2, 0.25) is 0 Å². The van der Waals surface area contributed by atoms with E-state index in [9.17, 15) is 24.6 Å². The van der Waals surface area contributed by atoms with Crippen molar-refractivity contribution in [2.75, 3.05) is 12.3 Å². The number of hydrogen-bond donors (Lipinski definition) is 3. The van der Waals surface area contributed by atoms with Crippen LogP contribution in [0.1, 0.15) is 70.2 Å². The van der Waals surface area contributed by atoms with Crippen molar-refractivity contribution in [3.8, 4) is 0 Å². The van der Waals surface area contributed by atoms with Crippen molar-refractivity contribution in [2.45, 2.75) is 71.5 Å². The van der Waals surface area contributed by atoms with Gasteiger partial charge in [0.15, 0.2) is 18.2 Å². The predicted octanol–water partition coefficient (Wildman–Crippen LogP) is 4.03. The molecular formula is C29H39NO6. The largest absolute Gasteiger partial charge is 0.454 e. The van der Waals surface area contributed by atoms with Gasteiger partial charge in [0.1, 0.15) is 0 Å². The Balaban J connectivity index is 0.00000176. The number of aliphatic hydroxyl groups is 2. The van der Waals surface area contributed by atoms with E-state index in [1.165, 1.54) is 12.1 Å². The number of Topliss-reactive ketones (excluding diaryl/α,β-unsaturated/α-hetero) is 1. The van der Waals surface area contributed by atoms with E-state index in [2.05, 4.69) is 0 Å². The Bertz CT molecular complexity index is 1040. The van der Waals surface area contributed by atoms with Crippen molar-refractivity contribution < 1.29 is 29.3 Å². The van der Waals surface area contributed by atoms with Gasteiger partial charge in [-0.15, -0.1) is 0 Å². The summed E-state index contributed by atoms with van der Waals surface area (Å²) in [6.45, 7) is 7.61. The first-order valence-corrected chi connectivity index (χ1v) is 13.0. The van der Waals surface area contributed by atoms with Gasteiger partial charge in [0, 0.05) is 17.5 Å². The highest BCUT2D eigenvalue weighted by Crippen LogP contribution is 2.56. The molecule has 7 nitrogen and oxygen atoms in total. The number of ketones is 2. The molecule has 4 N–H and O–H groups in total. The van der Waals surface area contributed by atoms with Crippen molar-refractivity contribution >= 4 is 23.2 Å². The third kappa shape index (κ3) is 5.18. The molecule has 0 aromatic heterocycles. The number of benzene rings is 1. The minimum Gasteiger partial charge on any atom is -0.454 e. The van der Waals surface area contributed by atoms with Gasteiger partial charge in [0.25, 0.3) is 0 Å². The van der Waals surface area contributed by atoms with Crippen LogP contribution in [-0.2, 0) is 14.3 Å². The molecule has 0 bridgehead atoms. The van der Waals surface area contributed by atoms with Crippen LogP contribution in [0.3, 0.4) is 0 Å². The maximum atomic E-state index is 13.0. The Hall–Kier alpha value is -2.77. The summed E-state index contributed by atoms with van der Waals surface area (Å²) in [5, 5.41) is 22.7. The minimum atomic E-state index is -1.33. The molecule has 3 aliphatic carbocycles. The fourth-order valence-corrected chi connectivity index (χ4v) is 6.33. The molecular weight excluding hydrogens is 458 g/mol. The van der Waals surface area contributed by atoms with Crippen molar-refractivity contribution in [3.63, 3.8) is 0 Å². The molecule has 7 heteroatoms. The van der Waals surface area contributed by atoms with E-state index in [4.69, 9.17) is 10.5 Å². The lowest BCUT2D eigenvalue weighted by Gasteiger charge is -2.50. The number of allylic oxidation sites excluding steroid dienone is 4. The molecule has 196 valence electrons. The van der Waals surface area contributed by atoms with Crippen molar-refractivity contribution in [1.29, 1.82) is 0 Å². The van der Waals surface area contributed by atoms with Crippen molar-refractivity contribution in [1.82, 2.24) is 0 Å². The van der Waals surface area contributed by atoms with E-state index in [1.807, 2.05) is 33.8 Å². The summed E-state index contributed by atoms with van der Waals surface area (Å²) < 4.78 is 5.21. The second kappa shape index (κ2) is 11.1. The van der Waals surface area contributed by atoms with Gasteiger partial charge in [0.05, 0.1) is 23.2 Å².